The molecule has 0 heterocycles. The number of anilines is 1. The highest BCUT2D eigenvalue weighted by Gasteiger charge is 2.25. The predicted octanol–water partition coefficient (Wildman–Crippen LogP) is 3.54. The Hall–Kier alpha value is -1.33. The molecular weight excluding hydrogens is 268 g/mol. The minimum absolute atomic E-state index is 0.0501. The van der Waals surface area contributed by atoms with Gasteiger partial charge in [0.2, 0.25) is 0 Å². The van der Waals surface area contributed by atoms with Gasteiger partial charge in [-0.3, -0.25) is 10.1 Å². The van der Waals surface area contributed by atoms with E-state index in [0.717, 1.165) is 30.5 Å². The van der Waals surface area contributed by atoms with E-state index in [1.54, 1.807) is 13.2 Å². The summed E-state index contributed by atoms with van der Waals surface area (Å²) in [4.78, 5) is 10.3. The molecule has 1 aromatic carbocycles. The van der Waals surface area contributed by atoms with Crippen LogP contribution in [-0.4, -0.2) is 24.2 Å². The predicted molar refractivity (Wildman–Crippen MR) is 74.9 cm³/mol. The van der Waals surface area contributed by atoms with E-state index in [1.165, 1.54) is 6.07 Å². The Kier molecular flexibility index (Phi) is 4.27. The zero-order valence-electron chi connectivity index (χ0n) is 11.0. The number of nitrogens with zero attached hydrogens (tertiary/aromatic N) is 1. The van der Waals surface area contributed by atoms with Gasteiger partial charge in [0.15, 0.2) is 0 Å². The highest BCUT2D eigenvalue weighted by molar-refractivity contribution is 6.33. The van der Waals surface area contributed by atoms with Gasteiger partial charge in [-0.15, -0.1) is 0 Å². The fourth-order valence-corrected chi connectivity index (χ4v) is 2.70. The molecule has 0 bridgehead atoms. The van der Waals surface area contributed by atoms with Crippen molar-refractivity contribution in [2.45, 2.75) is 38.3 Å². The lowest BCUT2D eigenvalue weighted by atomic mass is 10.1. The molecule has 0 radical (unpaired) electrons. The molecule has 2 rings (SSSR count). The first-order chi connectivity index (χ1) is 9.01. The van der Waals surface area contributed by atoms with E-state index in [-0.39, 0.29) is 10.7 Å². The van der Waals surface area contributed by atoms with Crippen molar-refractivity contribution in [3.8, 4) is 0 Å². The van der Waals surface area contributed by atoms with Crippen LogP contribution < -0.4 is 5.32 Å². The molecule has 104 valence electrons. The van der Waals surface area contributed by atoms with Gasteiger partial charge in [-0.2, -0.15) is 0 Å². The smallest absolute Gasteiger partial charge is 0.288 e. The molecule has 2 unspecified atom stereocenters. The summed E-state index contributed by atoms with van der Waals surface area (Å²) in [6, 6.07) is 3.48. The van der Waals surface area contributed by atoms with Crippen LogP contribution in [0.4, 0.5) is 11.4 Å². The van der Waals surface area contributed by atoms with Crippen molar-refractivity contribution in [1.29, 1.82) is 0 Å². The van der Waals surface area contributed by atoms with Crippen LogP contribution in [-0.2, 0) is 4.74 Å². The molecule has 0 spiro atoms. The normalized spacial score (nSPS) is 22.5. The van der Waals surface area contributed by atoms with Crippen LogP contribution >= 0.6 is 11.6 Å². The number of hydrogen-bond donors (Lipinski definition) is 1. The van der Waals surface area contributed by atoms with Gasteiger partial charge in [0.25, 0.3) is 5.69 Å². The molecule has 1 N–H and O–H groups in total. The van der Waals surface area contributed by atoms with Crippen molar-refractivity contribution in [3.05, 3.63) is 32.8 Å². The third-order valence-corrected chi connectivity index (χ3v) is 3.87. The molecule has 1 aromatic rings. The summed E-state index contributed by atoms with van der Waals surface area (Å²) in [5.41, 5.74) is 1.64. The van der Waals surface area contributed by atoms with Crippen molar-refractivity contribution in [2.24, 2.45) is 0 Å². The van der Waals surface area contributed by atoms with E-state index in [1.807, 2.05) is 6.92 Å². The maximum Gasteiger partial charge on any atom is 0.288 e. The van der Waals surface area contributed by atoms with Crippen molar-refractivity contribution < 1.29 is 9.66 Å². The van der Waals surface area contributed by atoms with Crippen LogP contribution in [0.3, 0.4) is 0 Å². The first-order valence-corrected chi connectivity index (χ1v) is 6.63. The van der Waals surface area contributed by atoms with Crippen LogP contribution in [0.25, 0.3) is 0 Å². The number of methoxy groups -OCH3 is 1. The van der Waals surface area contributed by atoms with Gasteiger partial charge < -0.3 is 10.1 Å². The number of benzene rings is 1. The summed E-state index contributed by atoms with van der Waals surface area (Å²) in [5, 5.41) is 14.4. The Morgan fingerprint density at radius 1 is 1.47 bits per heavy atom. The van der Waals surface area contributed by atoms with Crippen LogP contribution in [0.1, 0.15) is 24.8 Å². The number of halogens is 1. The number of aryl methyl sites for hydroxylation is 1. The quantitative estimate of drug-likeness (QED) is 0.678. The summed E-state index contributed by atoms with van der Waals surface area (Å²) in [6.45, 7) is 1.84. The average molecular weight is 285 g/mol. The number of nitro groups is 1. The SMILES string of the molecule is COC1CCC(Nc2cc(Cl)c([N+](=O)[O-])cc2C)C1. The molecule has 0 amide bonds. The Morgan fingerprint density at radius 3 is 2.79 bits per heavy atom. The fraction of sp³-hybridized carbons (Fsp3) is 0.538. The van der Waals surface area contributed by atoms with Gasteiger partial charge in [0.1, 0.15) is 5.02 Å². The van der Waals surface area contributed by atoms with E-state index >= 15 is 0 Å². The molecule has 6 heteroatoms. The fourth-order valence-electron chi connectivity index (χ4n) is 2.47. The molecule has 2 atom stereocenters. The second-order valence-corrected chi connectivity index (χ2v) is 5.29. The first kappa shape index (κ1) is 14.1. The Bertz CT molecular complexity index is 493. The van der Waals surface area contributed by atoms with Crippen molar-refractivity contribution in [1.82, 2.24) is 0 Å². The van der Waals surface area contributed by atoms with E-state index in [2.05, 4.69) is 5.32 Å². The van der Waals surface area contributed by atoms with Gasteiger partial charge >= 0.3 is 0 Å². The summed E-state index contributed by atoms with van der Waals surface area (Å²) < 4.78 is 5.33. The van der Waals surface area contributed by atoms with Gasteiger partial charge in [-0.25, -0.2) is 0 Å². The van der Waals surface area contributed by atoms with Crippen molar-refractivity contribution >= 4 is 23.0 Å². The zero-order chi connectivity index (χ0) is 14.0. The zero-order valence-corrected chi connectivity index (χ0v) is 11.7. The molecule has 5 nitrogen and oxygen atoms in total. The van der Waals surface area contributed by atoms with Crippen LogP contribution in [0.2, 0.25) is 5.02 Å². The first-order valence-electron chi connectivity index (χ1n) is 6.25. The molecule has 0 aliphatic heterocycles. The monoisotopic (exact) mass is 284 g/mol. The van der Waals surface area contributed by atoms with Crippen LogP contribution in [0, 0.1) is 17.0 Å². The van der Waals surface area contributed by atoms with Crippen LogP contribution in [0.15, 0.2) is 12.1 Å². The lowest BCUT2D eigenvalue weighted by molar-refractivity contribution is -0.384. The molecule has 1 aliphatic rings. The molecule has 1 aliphatic carbocycles. The number of nitrogens with one attached hydrogen (secondary N) is 1. The number of hydrogen-bond acceptors (Lipinski definition) is 4. The highest BCUT2D eigenvalue weighted by atomic mass is 35.5. The summed E-state index contributed by atoms with van der Waals surface area (Å²) in [7, 11) is 1.72. The topological polar surface area (TPSA) is 64.4 Å². The second-order valence-electron chi connectivity index (χ2n) is 4.89. The van der Waals surface area contributed by atoms with Gasteiger partial charge in [0.05, 0.1) is 11.0 Å². The Labute approximate surface area is 117 Å². The van der Waals surface area contributed by atoms with Gasteiger partial charge in [-0.05, 0) is 37.8 Å². The van der Waals surface area contributed by atoms with Gasteiger partial charge in [-0.1, -0.05) is 11.6 Å². The number of rotatable bonds is 4. The summed E-state index contributed by atoms with van der Waals surface area (Å²) >= 11 is 5.93. The molecule has 0 aromatic heterocycles. The lowest BCUT2D eigenvalue weighted by Crippen LogP contribution is -2.18. The number of nitro benzene ring substituents is 1. The highest BCUT2D eigenvalue weighted by Crippen LogP contribution is 2.32. The standard InChI is InChI=1S/C13H17ClN2O3/c1-8-5-13(16(17)18)11(14)7-12(8)15-9-3-4-10(6-9)19-2/h5,7,9-10,15H,3-4,6H2,1-2H3. The third-order valence-electron chi connectivity index (χ3n) is 3.57. The van der Waals surface area contributed by atoms with Gasteiger partial charge in [0, 0.05) is 24.9 Å². The third kappa shape index (κ3) is 3.16. The van der Waals surface area contributed by atoms with E-state index in [4.69, 9.17) is 16.3 Å². The largest absolute Gasteiger partial charge is 0.382 e. The molecular formula is C13H17ClN2O3. The van der Waals surface area contributed by atoms with E-state index < -0.39 is 4.92 Å². The maximum atomic E-state index is 10.8. The van der Waals surface area contributed by atoms with E-state index in [0.29, 0.717) is 12.1 Å². The second kappa shape index (κ2) is 5.75. The van der Waals surface area contributed by atoms with Crippen molar-refractivity contribution in [2.75, 3.05) is 12.4 Å². The Morgan fingerprint density at radius 2 is 2.21 bits per heavy atom. The molecule has 0 saturated heterocycles. The summed E-state index contributed by atoms with van der Waals surface area (Å²) in [5.74, 6) is 0. The van der Waals surface area contributed by atoms with Crippen molar-refractivity contribution in [3.63, 3.8) is 0 Å². The molecule has 19 heavy (non-hydrogen) atoms. The molecule has 1 fully saturated rings. The van der Waals surface area contributed by atoms with Crippen LogP contribution in [0.5, 0.6) is 0 Å². The van der Waals surface area contributed by atoms with E-state index in [9.17, 15) is 10.1 Å². The Balaban J connectivity index is 2.13. The minimum atomic E-state index is -0.463. The maximum absolute atomic E-state index is 10.8. The summed E-state index contributed by atoms with van der Waals surface area (Å²) in [6.07, 6.45) is 3.32. The lowest BCUT2D eigenvalue weighted by Gasteiger charge is -2.16. The average Bonchev–Trinajstić information content (AvgIpc) is 2.80. The number of ether oxygens (including phenoxy) is 1. The molecule has 1 saturated carbocycles. The minimum Gasteiger partial charge on any atom is -0.382 e.